The normalized spacial score (nSPS) is 10.2. The highest BCUT2D eigenvalue weighted by Crippen LogP contribution is 2.28. The molecule has 0 spiro atoms. The summed E-state index contributed by atoms with van der Waals surface area (Å²) in [6, 6.07) is 13.2. The van der Waals surface area contributed by atoms with Crippen LogP contribution in [-0.4, -0.2) is 12.6 Å². The number of aryl methyl sites for hydroxylation is 1. The third-order valence-corrected chi connectivity index (χ3v) is 3.21. The molecule has 0 saturated heterocycles. The molecular formula is C17H16O2. The SMILES string of the molecule is CCCc1cccc(-c2ccccc2C=O)c1C=O. The first-order valence-electron chi connectivity index (χ1n) is 6.43. The lowest BCUT2D eigenvalue weighted by Crippen LogP contribution is -1.97. The van der Waals surface area contributed by atoms with Crippen molar-refractivity contribution in [1.29, 1.82) is 0 Å². The summed E-state index contributed by atoms with van der Waals surface area (Å²) in [5.41, 5.74) is 4.00. The highest BCUT2D eigenvalue weighted by atomic mass is 16.1. The molecule has 0 unspecified atom stereocenters. The number of carbonyl (C=O) groups excluding carboxylic acids is 2. The van der Waals surface area contributed by atoms with Gasteiger partial charge in [-0.1, -0.05) is 55.8 Å². The van der Waals surface area contributed by atoms with E-state index >= 15 is 0 Å². The van der Waals surface area contributed by atoms with Gasteiger partial charge < -0.3 is 0 Å². The van der Waals surface area contributed by atoms with Crippen LogP contribution in [0.2, 0.25) is 0 Å². The van der Waals surface area contributed by atoms with Gasteiger partial charge >= 0.3 is 0 Å². The second kappa shape index (κ2) is 6.10. The zero-order valence-electron chi connectivity index (χ0n) is 10.9. The van der Waals surface area contributed by atoms with Crippen molar-refractivity contribution in [1.82, 2.24) is 0 Å². The van der Waals surface area contributed by atoms with Crippen LogP contribution in [0.15, 0.2) is 42.5 Å². The van der Waals surface area contributed by atoms with E-state index < -0.39 is 0 Å². The van der Waals surface area contributed by atoms with Crippen LogP contribution in [0, 0.1) is 0 Å². The molecule has 0 aliphatic rings. The maximum Gasteiger partial charge on any atom is 0.150 e. The number of hydrogen-bond acceptors (Lipinski definition) is 2. The second-order valence-corrected chi connectivity index (χ2v) is 4.45. The van der Waals surface area contributed by atoms with E-state index in [2.05, 4.69) is 6.92 Å². The van der Waals surface area contributed by atoms with Gasteiger partial charge in [0, 0.05) is 11.1 Å². The fourth-order valence-corrected chi connectivity index (χ4v) is 2.32. The molecule has 2 rings (SSSR count). The molecule has 0 aliphatic heterocycles. The standard InChI is InChI=1S/C17H16O2/c1-2-6-13-8-5-10-16(17(13)12-19)15-9-4-3-7-14(15)11-18/h3-5,7-12H,2,6H2,1H3. The van der Waals surface area contributed by atoms with Crippen molar-refractivity contribution >= 4 is 12.6 Å². The highest BCUT2D eigenvalue weighted by molar-refractivity contribution is 5.95. The summed E-state index contributed by atoms with van der Waals surface area (Å²) in [5.74, 6) is 0. The van der Waals surface area contributed by atoms with Gasteiger partial charge in [-0.15, -0.1) is 0 Å². The zero-order chi connectivity index (χ0) is 13.7. The number of carbonyl (C=O) groups is 2. The molecule has 0 aliphatic carbocycles. The molecule has 2 heteroatoms. The zero-order valence-corrected chi connectivity index (χ0v) is 10.9. The van der Waals surface area contributed by atoms with E-state index in [1.54, 1.807) is 6.07 Å². The minimum absolute atomic E-state index is 0.610. The minimum Gasteiger partial charge on any atom is -0.298 e. The van der Waals surface area contributed by atoms with Crippen molar-refractivity contribution in [2.75, 3.05) is 0 Å². The van der Waals surface area contributed by atoms with Gasteiger partial charge in [0.05, 0.1) is 0 Å². The molecule has 0 bridgehead atoms. The topological polar surface area (TPSA) is 34.1 Å². The molecule has 0 saturated carbocycles. The molecule has 0 radical (unpaired) electrons. The van der Waals surface area contributed by atoms with Gasteiger partial charge in [-0.3, -0.25) is 9.59 Å². The third kappa shape index (κ3) is 2.63. The lowest BCUT2D eigenvalue weighted by molar-refractivity contribution is 0.111. The van der Waals surface area contributed by atoms with Gasteiger partial charge in [0.15, 0.2) is 12.6 Å². The molecule has 0 amide bonds. The Morgan fingerprint density at radius 1 is 0.895 bits per heavy atom. The average molecular weight is 252 g/mol. The Labute approximate surface area is 113 Å². The van der Waals surface area contributed by atoms with Crippen molar-refractivity contribution in [2.24, 2.45) is 0 Å². The van der Waals surface area contributed by atoms with Crippen molar-refractivity contribution in [2.45, 2.75) is 19.8 Å². The Morgan fingerprint density at radius 2 is 1.63 bits per heavy atom. The van der Waals surface area contributed by atoms with Crippen molar-refractivity contribution in [3.63, 3.8) is 0 Å². The summed E-state index contributed by atoms with van der Waals surface area (Å²) in [5, 5.41) is 0. The van der Waals surface area contributed by atoms with Crippen LogP contribution in [-0.2, 0) is 6.42 Å². The lowest BCUT2D eigenvalue weighted by Gasteiger charge is -2.11. The van der Waals surface area contributed by atoms with Gasteiger partial charge in [-0.05, 0) is 23.1 Å². The Balaban J connectivity index is 2.64. The van der Waals surface area contributed by atoms with E-state index in [9.17, 15) is 9.59 Å². The Hall–Kier alpha value is -2.22. The molecular weight excluding hydrogens is 236 g/mol. The first kappa shape index (κ1) is 13.2. The maximum atomic E-state index is 11.4. The Bertz CT molecular complexity index is 600. The predicted octanol–water partition coefficient (Wildman–Crippen LogP) is 3.93. The average Bonchev–Trinajstić information content (AvgIpc) is 2.47. The van der Waals surface area contributed by atoms with E-state index in [4.69, 9.17) is 0 Å². The summed E-state index contributed by atoms with van der Waals surface area (Å²) >= 11 is 0. The summed E-state index contributed by atoms with van der Waals surface area (Å²) in [6.45, 7) is 2.08. The van der Waals surface area contributed by atoms with E-state index in [1.807, 2.05) is 36.4 Å². The molecule has 2 aromatic carbocycles. The van der Waals surface area contributed by atoms with Crippen LogP contribution in [0.3, 0.4) is 0 Å². The van der Waals surface area contributed by atoms with Crippen LogP contribution >= 0.6 is 0 Å². The molecule has 2 nitrogen and oxygen atoms in total. The van der Waals surface area contributed by atoms with E-state index in [0.717, 1.165) is 42.1 Å². The Morgan fingerprint density at radius 3 is 2.32 bits per heavy atom. The van der Waals surface area contributed by atoms with Crippen molar-refractivity contribution in [3.8, 4) is 11.1 Å². The molecule has 0 atom stereocenters. The van der Waals surface area contributed by atoms with Crippen LogP contribution < -0.4 is 0 Å². The molecule has 96 valence electrons. The van der Waals surface area contributed by atoms with Gasteiger partial charge in [-0.25, -0.2) is 0 Å². The second-order valence-electron chi connectivity index (χ2n) is 4.45. The van der Waals surface area contributed by atoms with Gasteiger partial charge in [0.1, 0.15) is 0 Å². The van der Waals surface area contributed by atoms with Gasteiger partial charge in [0.2, 0.25) is 0 Å². The molecule has 2 aromatic rings. The highest BCUT2D eigenvalue weighted by Gasteiger charge is 2.11. The Kier molecular flexibility index (Phi) is 4.24. The molecule has 19 heavy (non-hydrogen) atoms. The fourth-order valence-electron chi connectivity index (χ4n) is 2.32. The van der Waals surface area contributed by atoms with Gasteiger partial charge in [-0.2, -0.15) is 0 Å². The molecule has 0 N–H and O–H groups in total. The first-order chi connectivity index (χ1) is 9.31. The minimum atomic E-state index is 0.610. The van der Waals surface area contributed by atoms with E-state index in [0.29, 0.717) is 11.1 Å². The van der Waals surface area contributed by atoms with Crippen LogP contribution in [0.4, 0.5) is 0 Å². The van der Waals surface area contributed by atoms with E-state index in [-0.39, 0.29) is 0 Å². The lowest BCUT2D eigenvalue weighted by atomic mass is 9.92. The fraction of sp³-hybridized carbons (Fsp3) is 0.176. The summed E-state index contributed by atoms with van der Waals surface area (Å²) in [7, 11) is 0. The predicted molar refractivity (Wildman–Crippen MR) is 76.6 cm³/mol. The smallest absolute Gasteiger partial charge is 0.150 e. The molecule has 0 aromatic heterocycles. The summed E-state index contributed by atoms with van der Waals surface area (Å²) in [4.78, 5) is 22.5. The summed E-state index contributed by atoms with van der Waals surface area (Å²) < 4.78 is 0. The van der Waals surface area contributed by atoms with E-state index in [1.165, 1.54) is 0 Å². The summed E-state index contributed by atoms with van der Waals surface area (Å²) in [6.07, 6.45) is 3.57. The first-order valence-corrected chi connectivity index (χ1v) is 6.43. The largest absolute Gasteiger partial charge is 0.298 e. The third-order valence-electron chi connectivity index (χ3n) is 3.21. The van der Waals surface area contributed by atoms with Crippen LogP contribution in [0.1, 0.15) is 39.6 Å². The molecule has 0 fully saturated rings. The monoisotopic (exact) mass is 252 g/mol. The number of aldehydes is 2. The van der Waals surface area contributed by atoms with Crippen molar-refractivity contribution in [3.05, 3.63) is 59.2 Å². The number of benzene rings is 2. The molecule has 0 heterocycles. The number of rotatable bonds is 5. The van der Waals surface area contributed by atoms with Gasteiger partial charge in [0.25, 0.3) is 0 Å². The van der Waals surface area contributed by atoms with Crippen LogP contribution in [0.25, 0.3) is 11.1 Å². The maximum absolute atomic E-state index is 11.4. The number of hydrogen-bond donors (Lipinski definition) is 0. The van der Waals surface area contributed by atoms with Crippen LogP contribution in [0.5, 0.6) is 0 Å². The quantitative estimate of drug-likeness (QED) is 0.755. The van der Waals surface area contributed by atoms with Crippen molar-refractivity contribution < 1.29 is 9.59 Å².